The molecular weight excluding hydrogens is 510 g/mol. The summed E-state index contributed by atoms with van der Waals surface area (Å²) in [5, 5.41) is 35.4. The zero-order chi connectivity index (χ0) is 27.5. The molecule has 7 aromatic rings. The summed E-state index contributed by atoms with van der Waals surface area (Å²) in [6.45, 7) is 0. The highest BCUT2D eigenvalue weighted by Gasteiger charge is 2.28. The monoisotopic (exact) mass is 519 g/mol. The summed E-state index contributed by atoms with van der Waals surface area (Å²) in [5.74, 6) is 0. The van der Waals surface area contributed by atoms with Gasteiger partial charge in [0.25, 0.3) is 17.1 Å². The van der Waals surface area contributed by atoms with E-state index in [0.717, 1.165) is 18.2 Å². The third-order valence-corrected chi connectivity index (χ3v) is 7.36. The Morgan fingerprint density at radius 2 is 0.641 bits per heavy atom. The van der Waals surface area contributed by atoms with Crippen LogP contribution < -0.4 is 16.3 Å². The summed E-state index contributed by atoms with van der Waals surface area (Å²) in [5.41, 5.74) is -2.97. The van der Waals surface area contributed by atoms with Crippen LogP contribution in [0.15, 0.2) is 69.0 Å². The fraction of sp³-hybridized carbons (Fsp3) is 0. The van der Waals surface area contributed by atoms with Gasteiger partial charge in [0.1, 0.15) is 0 Å². The van der Waals surface area contributed by atoms with Crippen LogP contribution in [0.3, 0.4) is 0 Å². The highest BCUT2D eigenvalue weighted by molar-refractivity contribution is 6.42. The van der Waals surface area contributed by atoms with Gasteiger partial charge in [0.15, 0.2) is 16.3 Å². The van der Waals surface area contributed by atoms with E-state index in [-0.39, 0.29) is 81.7 Å². The van der Waals surface area contributed by atoms with Crippen molar-refractivity contribution < 1.29 is 14.8 Å². The topological polar surface area (TPSA) is 181 Å². The van der Waals surface area contributed by atoms with Gasteiger partial charge in [-0.1, -0.05) is 0 Å². The molecule has 0 aliphatic rings. The van der Waals surface area contributed by atoms with E-state index in [0.29, 0.717) is 0 Å². The Morgan fingerprint density at radius 3 is 0.872 bits per heavy atom. The quantitative estimate of drug-likeness (QED) is 0.235. The lowest BCUT2D eigenvalue weighted by Gasteiger charge is -2.01. The number of fused-ring (bicyclic) bond motifs is 12. The van der Waals surface area contributed by atoms with E-state index in [1.54, 1.807) is 0 Å². The summed E-state index contributed by atoms with van der Waals surface area (Å²) >= 11 is 0. The van der Waals surface area contributed by atoms with Crippen LogP contribution >= 0.6 is 0 Å². The summed E-state index contributed by atoms with van der Waals surface area (Å²) in [6.07, 6.45) is 0. The highest BCUT2D eigenvalue weighted by atomic mass is 16.6. The van der Waals surface area contributed by atoms with Gasteiger partial charge in [0.2, 0.25) is 0 Å². The van der Waals surface area contributed by atoms with Crippen molar-refractivity contribution in [2.75, 3.05) is 0 Å². The van der Waals surface area contributed by atoms with Gasteiger partial charge in [0, 0.05) is 84.9 Å². The first-order valence-electron chi connectivity index (χ1n) is 11.3. The first-order chi connectivity index (χ1) is 18.6. The summed E-state index contributed by atoms with van der Waals surface area (Å²) in [4.78, 5) is 73.7. The normalized spacial score (nSPS) is 12.0. The zero-order valence-electron chi connectivity index (χ0n) is 19.2. The molecule has 0 N–H and O–H groups in total. The number of nitro groups is 3. The van der Waals surface area contributed by atoms with Gasteiger partial charge in [-0.3, -0.25) is 44.7 Å². The van der Waals surface area contributed by atoms with Gasteiger partial charge in [0.05, 0.1) is 14.8 Å². The third kappa shape index (κ3) is 2.63. The van der Waals surface area contributed by atoms with Crippen LogP contribution in [0.5, 0.6) is 0 Å². The van der Waals surface area contributed by atoms with Crippen molar-refractivity contribution in [2.45, 2.75) is 0 Å². The predicted octanol–water partition coefficient (Wildman–Crippen LogP) is 4.72. The zero-order valence-corrected chi connectivity index (χ0v) is 19.2. The minimum absolute atomic E-state index is 0.0177. The molecule has 0 spiro atoms. The molecule has 186 valence electrons. The maximum Gasteiger partial charge on any atom is 0.270 e. The Labute approximate surface area is 212 Å². The van der Waals surface area contributed by atoms with Crippen molar-refractivity contribution in [1.82, 2.24) is 0 Å². The average Bonchev–Trinajstić information content (AvgIpc) is 3.49. The van der Waals surface area contributed by atoms with Crippen LogP contribution in [0, 0.1) is 30.3 Å². The second-order valence-electron chi connectivity index (χ2n) is 9.20. The van der Waals surface area contributed by atoms with Crippen LogP contribution in [-0.2, 0) is 0 Å². The van der Waals surface area contributed by atoms with Crippen LogP contribution in [0.2, 0.25) is 0 Å². The molecule has 0 atom stereocenters. The number of hydrogen-bond donors (Lipinski definition) is 0. The number of rotatable bonds is 3. The number of hydrogen-bond acceptors (Lipinski definition) is 9. The lowest BCUT2D eigenvalue weighted by Crippen LogP contribution is -2.00. The number of non-ortho nitro benzene ring substituents is 3. The molecule has 0 radical (unpaired) electrons. The van der Waals surface area contributed by atoms with Crippen LogP contribution in [-0.4, -0.2) is 14.8 Å². The number of benzene rings is 4. The standard InChI is InChI=1S/C27H9N3O9/c31-25-16-7-10(28(34)35)1-4-13(16)19-22(25)20-15-6-3-12(30(38)39)9-18(15)27(33)24(20)21-14-5-2-11(29(36)37)8-17(14)26(32)23(19)21/h1-9H. The predicted molar refractivity (Wildman–Crippen MR) is 144 cm³/mol. The third-order valence-electron chi connectivity index (χ3n) is 7.36. The van der Waals surface area contributed by atoms with Crippen molar-refractivity contribution in [1.29, 1.82) is 0 Å². The Hall–Kier alpha value is -5.91. The molecule has 0 bridgehead atoms. The first-order valence-corrected chi connectivity index (χ1v) is 11.3. The first kappa shape index (κ1) is 22.3. The van der Waals surface area contributed by atoms with E-state index in [1.165, 1.54) is 36.4 Å². The fourth-order valence-electron chi connectivity index (χ4n) is 5.80. The molecule has 0 unspecified atom stereocenters. The number of nitrogens with zero attached hydrogens (tertiary/aromatic N) is 3. The van der Waals surface area contributed by atoms with Crippen molar-refractivity contribution in [3.05, 3.63) is 116 Å². The van der Waals surface area contributed by atoms with E-state index in [9.17, 15) is 44.7 Å². The summed E-state index contributed by atoms with van der Waals surface area (Å²) in [7, 11) is 0. The smallest absolute Gasteiger partial charge is 0.270 e. The highest BCUT2D eigenvalue weighted by Crippen LogP contribution is 2.43. The summed E-state index contributed by atoms with van der Waals surface area (Å²) in [6, 6.07) is 11.0. The van der Waals surface area contributed by atoms with E-state index < -0.39 is 31.1 Å². The molecule has 12 nitrogen and oxygen atoms in total. The van der Waals surface area contributed by atoms with Gasteiger partial charge in [-0.15, -0.1) is 0 Å². The second kappa shape index (κ2) is 7.10. The van der Waals surface area contributed by atoms with E-state index in [1.807, 2.05) is 0 Å². The maximum absolute atomic E-state index is 13.8. The van der Waals surface area contributed by atoms with Crippen LogP contribution in [0.4, 0.5) is 17.1 Å². The Balaban J connectivity index is 1.88. The molecule has 0 saturated heterocycles. The molecule has 39 heavy (non-hydrogen) atoms. The minimum Gasteiger partial charge on any atom is -0.289 e. The fourth-order valence-corrected chi connectivity index (χ4v) is 5.80. The van der Waals surface area contributed by atoms with E-state index in [4.69, 9.17) is 0 Å². The van der Waals surface area contributed by atoms with Gasteiger partial charge in [-0.2, -0.15) is 0 Å². The van der Waals surface area contributed by atoms with Gasteiger partial charge in [-0.25, -0.2) is 0 Å². The lowest BCUT2D eigenvalue weighted by molar-refractivity contribution is -0.384. The van der Waals surface area contributed by atoms with Crippen molar-refractivity contribution in [3.63, 3.8) is 0 Å². The van der Waals surface area contributed by atoms with Crippen molar-refractivity contribution >= 4 is 81.7 Å². The van der Waals surface area contributed by atoms with E-state index >= 15 is 0 Å². The molecule has 0 aromatic heterocycles. The number of nitro benzene ring substituents is 3. The molecule has 0 aliphatic heterocycles. The average molecular weight is 519 g/mol. The maximum atomic E-state index is 13.8. The van der Waals surface area contributed by atoms with Gasteiger partial charge >= 0.3 is 0 Å². The lowest BCUT2D eigenvalue weighted by atomic mass is 9.99. The van der Waals surface area contributed by atoms with Gasteiger partial charge in [-0.05, 0) is 34.4 Å². The molecule has 0 fully saturated rings. The summed E-state index contributed by atoms with van der Waals surface area (Å²) < 4.78 is 0. The van der Waals surface area contributed by atoms with Gasteiger partial charge < -0.3 is 0 Å². The molecule has 0 saturated carbocycles. The molecule has 7 rings (SSSR count). The molecular formula is C27H9N3O9. The van der Waals surface area contributed by atoms with Crippen molar-refractivity contribution in [2.24, 2.45) is 0 Å². The van der Waals surface area contributed by atoms with Crippen molar-refractivity contribution in [3.8, 4) is 0 Å². The SMILES string of the molecule is O=c1c2cc([N+](=O)[O-])ccc2c2c1c1c3ccc([N+](=O)[O-])cc3c(=O)c1c1c3ccc([N+](=O)[O-])cc3c(=O)c21. The molecule has 0 amide bonds. The van der Waals surface area contributed by atoms with Crippen LogP contribution in [0.1, 0.15) is 0 Å². The molecule has 0 aliphatic carbocycles. The molecule has 12 heteroatoms. The molecule has 0 heterocycles. The molecule has 7 aromatic carbocycles. The van der Waals surface area contributed by atoms with Crippen LogP contribution in [0.25, 0.3) is 64.6 Å². The Bertz CT molecular complexity index is 2190. The van der Waals surface area contributed by atoms with E-state index in [2.05, 4.69) is 0 Å². The Kier molecular flexibility index (Phi) is 4.06. The Morgan fingerprint density at radius 1 is 0.385 bits per heavy atom. The minimum atomic E-state index is -0.663. The second-order valence-corrected chi connectivity index (χ2v) is 9.20. The largest absolute Gasteiger partial charge is 0.289 e.